The summed E-state index contributed by atoms with van der Waals surface area (Å²) in [6.45, 7) is 3.64. The number of halogens is 1. The van der Waals surface area contributed by atoms with Gasteiger partial charge in [-0.2, -0.15) is 5.10 Å². The Morgan fingerprint density at radius 2 is 2.45 bits per heavy atom. The summed E-state index contributed by atoms with van der Waals surface area (Å²) in [6.07, 6.45) is 2.70. The highest BCUT2D eigenvalue weighted by Gasteiger charge is 2.04. The molecule has 11 heavy (non-hydrogen) atoms. The molecule has 0 saturated heterocycles. The van der Waals surface area contributed by atoms with Crippen LogP contribution in [-0.2, 0) is 13.0 Å². The summed E-state index contributed by atoms with van der Waals surface area (Å²) in [5.41, 5.74) is 6.64. The van der Waals surface area contributed by atoms with Gasteiger partial charge in [-0.25, -0.2) is 0 Å². The Balaban J connectivity index is 2.88. The third kappa shape index (κ3) is 1.81. The summed E-state index contributed by atoms with van der Waals surface area (Å²) in [6, 6.07) is 0. The molecule has 0 saturated carbocycles. The van der Waals surface area contributed by atoms with Crippen molar-refractivity contribution in [2.45, 2.75) is 19.9 Å². The SMILES string of the molecule is CCn1ncc(Br)c1CCN. The minimum atomic E-state index is 0.671. The van der Waals surface area contributed by atoms with Crippen LogP contribution in [0.3, 0.4) is 0 Å². The van der Waals surface area contributed by atoms with E-state index in [4.69, 9.17) is 5.73 Å². The quantitative estimate of drug-likeness (QED) is 0.827. The Labute approximate surface area is 74.7 Å². The molecule has 1 aromatic rings. The van der Waals surface area contributed by atoms with Gasteiger partial charge in [0.25, 0.3) is 0 Å². The van der Waals surface area contributed by atoms with Crippen LogP contribution in [0.2, 0.25) is 0 Å². The molecule has 0 fully saturated rings. The summed E-state index contributed by atoms with van der Waals surface area (Å²) in [7, 11) is 0. The first kappa shape index (κ1) is 8.74. The second-order valence-corrected chi connectivity index (χ2v) is 3.15. The Morgan fingerprint density at radius 3 is 3.00 bits per heavy atom. The van der Waals surface area contributed by atoms with E-state index in [1.165, 1.54) is 5.69 Å². The van der Waals surface area contributed by atoms with Gasteiger partial charge in [0, 0.05) is 13.0 Å². The fraction of sp³-hybridized carbons (Fsp3) is 0.571. The van der Waals surface area contributed by atoms with E-state index in [1.807, 2.05) is 10.9 Å². The number of hydrogen-bond donors (Lipinski definition) is 1. The van der Waals surface area contributed by atoms with Crippen LogP contribution < -0.4 is 5.73 Å². The van der Waals surface area contributed by atoms with Crippen LogP contribution in [0.5, 0.6) is 0 Å². The number of hydrogen-bond acceptors (Lipinski definition) is 2. The second kappa shape index (κ2) is 3.88. The number of nitrogens with two attached hydrogens (primary N) is 1. The summed E-state index contributed by atoms with van der Waals surface area (Å²) in [4.78, 5) is 0. The maximum atomic E-state index is 5.45. The lowest BCUT2D eigenvalue weighted by molar-refractivity contribution is 0.619. The molecule has 0 aromatic carbocycles. The maximum Gasteiger partial charge on any atom is 0.0635 e. The van der Waals surface area contributed by atoms with Crippen LogP contribution in [0.1, 0.15) is 12.6 Å². The lowest BCUT2D eigenvalue weighted by Crippen LogP contribution is -2.09. The van der Waals surface area contributed by atoms with E-state index in [0.29, 0.717) is 6.54 Å². The zero-order chi connectivity index (χ0) is 8.27. The van der Waals surface area contributed by atoms with E-state index in [2.05, 4.69) is 28.0 Å². The molecule has 4 heteroatoms. The largest absolute Gasteiger partial charge is 0.330 e. The molecule has 0 aliphatic carbocycles. The van der Waals surface area contributed by atoms with Gasteiger partial charge in [-0.05, 0) is 29.4 Å². The molecule has 0 aliphatic rings. The molecule has 0 radical (unpaired) electrons. The van der Waals surface area contributed by atoms with Gasteiger partial charge in [-0.3, -0.25) is 4.68 Å². The molecule has 0 spiro atoms. The molecule has 62 valence electrons. The molecule has 2 N–H and O–H groups in total. The normalized spacial score (nSPS) is 10.5. The number of aryl methyl sites for hydroxylation is 1. The molecule has 3 nitrogen and oxygen atoms in total. The van der Waals surface area contributed by atoms with Crippen molar-refractivity contribution in [1.29, 1.82) is 0 Å². The van der Waals surface area contributed by atoms with Gasteiger partial charge < -0.3 is 5.73 Å². The van der Waals surface area contributed by atoms with E-state index in [0.717, 1.165) is 17.4 Å². The van der Waals surface area contributed by atoms with E-state index in [-0.39, 0.29) is 0 Å². The lowest BCUT2D eigenvalue weighted by atomic mass is 10.3. The minimum absolute atomic E-state index is 0.671. The summed E-state index contributed by atoms with van der Waals surface area (Å²) < 4.78 is 3.02. The highest BCUT2D eigenvalue weighted by Crippen LogP contribution is 2.15. The molecular formula is C7H12BrN3. The van der Waals surface area contributed by atoms with Crippen molar-refractivity contribution in [3.8, 4) is 0 Å². The van der Waals surface area contributed by atoms with Crippen molar-refractivity contribution in [3.63, 3.8) is 0 Å². The molecule has 1 rings (SSSR count). The summed E-state index contributed by atoms with van der Waals surface area (Å²) >= 11 is 3.42. The zero-order valence-electron chi connectivity index (χ0n) is 6.55. The van der Waals surface area contributed by atoms with Crippen molar-refractivity contribution in [1.82, 2.24) is 9.78 Å². The average molecular weight is 218 g/mol. The van der Waals surface area contributed by atoms with Gasteiger partial charge in [0.2, 0.25) is 0 Å². The van der Waals surface area contributed by atoms with E-state index >= 15 is 0 Å². The fourth-order valence-electron chi connectivity index (χ4n) is 1.05. The van der Waals surface area contributed by atoms with Crippen LogP contribution in [0.25, 0.3) is 0 Å². The first-order chi connectivity index (χ1) is 5.29. The fourth-order valence-corrected chi connectivity index (χ4v) is 1.54. The van der Waals surface area contributed by atoms with Crippen molar-refractivity contribution >= 4 is 15.9 Å². The molecule has 0 unspecified atom stereocenters. The molecule has 0 bridgehead atoms. The molecule has 1 aromatic heterocycles. The summed E-state index contributed by atoms with van der Waals surface area (Å²) in [5, 5.41) is 4.17. The Morgan fingerprint density at radius 1 is 1.73 bits per heavy atom. The van der Waals surface area contributed by atoms with Crippen molar-refractivity contribution in [3.05, 3.63) is 16.4 Å². The van der Waals surface area contributed by atoms with Gasteiger partial charge in [-0.15, -0.1) is 0 Å². The van der Waals surface area contributed by atoms with Crippen molar-refractivity contribution in [2.24, 2.45) is 5.73 Å². The number of nitrogens with zero attached hydrogens (tertiary/aromatic N) is 2. The first-order valence-electron chi connectivity index (χ1n) is 3.69. The van der Waals surface area contributed by atoms with Crippen LogP contribution in [0.15, 0.2) is 10.7 Å². The smallest absolute Gasteiger partial charge is 0.0635 e. The standard InChI is InChI=1S/C7H12BrN3/c1-2-11-7(3-4-9)6(8)5-10-11/h5H,2-4,9H2,1H3. The topological polar surface area (TPSA) is 43.8 Å². The van der Waals surface area contributed by atoms with Crippen LogP contribution in [0, 0.1) is 0 Å². The lowest BCUT2D eigenvalue weighted by Gasteiger charge is -2.02. The predicted molar refractivity (Wildman–Crippen MR) is 48.4 cm³/mol. The van der Waals surface area contributed by atoms with E-state index in [1.54, 1.807) is 0 Å². The first-order valence-corrected chi connectivity index (χ1v) is 4.49. The predicted octanol–water partition coefficient (Wildman–Crippen LogP) is 1.17. The number of aromatic nitrogens is 2. The van der Waals surface area contributed by atoms with Gasteiger partial charge in [-0.1, -0.05) is 0 Å². The minimum Gasteiger partial charge on any atom is -0.330 e. The Hall–Kier alpha value is -0.350. The number of rotatable bonds is 3. The van der Waals surface area contributed by atoms with Gasteiger partial charge in [0.05, 0.1) is 16.4 Å². The molecule has 0 amide bonds. The third-order valence-electron chi connectivity index (χ3n) is 1.58. The third-order valence-corrected chi connectivity index (χ3v) is 2.24. The molecule has 0 atom stereocenters. The highest BCUT2D eigenvalue weighted by atomic mass is 79.9. The molecule has 1 heterocycles. The summed E-state index contributed by atoms with van der Waals surface area (Å²) in [5.74, 6) is 0. The molecular weight excluding hydrogens is 206 g/mol. The van der Waals surface area contributed by atoms with Crippen LogP contribution in [0.4, 0.5) is 0 Å². The monoisotopic (exact) mass is 217 g/mol. The second-order valence-electron chi connectivity index (χ2n) is 2.29. The molecule has 0 aliphatic heterocycles. The Bertz CT molecular complexity index is 232. The van der Waals surface area contributed by atoms with Gasteiger partial charge in [0.1, 0.15) is 0 Å². The highest BCUT2D eigenvalue weighted by molar-refractivity contribution is 9.10. The van der Waals surface area contributed by atoms with Crippen molar-refractivity contribution in [2.75, 3.05) is 6.54 Å². The Kier molecular flexibility index (Phi) is 3.08. The van der Waals surface area contributed by atoms with Crippen LogP contribution >= 0.6 is 15.9 Å². The van der Waals surface area contributed by atoms with Gasteiger partial charge in [0.15, 0.2) is 0 Å². The van der Waals surface area contributed by atoms with E-state index < -0.39 is 0 Å². The van der Waals surface area contributed by atoms with Crippen LogP contribution in [-0.4, -0.2) is 16.3 Å². The van der Waals surface area contributed by atoms with Crippen molar-refractivity contribution < 1.29 is 0 Å². The van der Waals surface area contributed by atoms with E-state index in [9.17, 15) is 0 Å². The zero-order valence-corrected chi connectivity index (χ0v) is 8.13. The maximum absolute atomic E-state index is 5.45. The average Bonchev–Trinajstić information content (AvgIpc) is 2.34. The van der Waals surface area contributed by atoms with Gasteiger partial charge >= 0.3 is 0 Å².